The summed E-state index contributed by atoms with van der Waals surface area (Å²) in [5.41, 5.74) is 3.70. The average Bonchev–Trinajstić information content (AvgIpc) is 3.38. The smallest absolute Gasteiger partial charge is 0.417 e. The minimum Gasteiger partial charge on any atom is -0.417 e. The van der Waals surface area contributed by atoms with E-state index >= 15 is 0 Å². The number of hydrogen-bond acceptors (Lipinski definition) is 14. The molecule has 0 aliphatic heterocycles. The molecular weight excluding hydrogens is 1050 g/mol. The van der Waals surface area contributed by atoms with Gasteiger partial charge in [0, 0.05) is 85.6 Å². The molecule has 0 unspecified atom stereocenters. The summed E-state index contributed by atoms with van der Waals surface area (Å²) in [5.74, 6) is 0. The van der Waals surface area contributed by atoms with Crippen molar-refractivity contribution in [1.82, 2.24) is 0 Å². The third-order valence-corrected chi connectivity index (χ3v) is 37.2. The summed E-state index contributed by atoms with van der Waals surface area (Å²) in [6, 6.07) is 29.1. The second-order valence-corrected chi connectivity index (χ2v) is 45.6. The zero-order valence-electron chi connectivity index (χ0n) is 47.9. The van der Waals surface area contributed by atoms with Crippen LogP contribution in [-0.2, 0) is 81.2 Å². The highest BCUT2D eigenvalue weighted by Crippen LogP contribution is 2.35. The van der Waals surface area contributed by atoms with Crippen LogP contribution in [0.4, 0.5) is 0 Å². The van der Waals surface area contributed by atoms with Gasteiger partial charge in [0.2, 0.25) is 0 Å². The highest BCUT2D eigenvalue weighted by molar-refractivity contribution is 6.90. The first kappa shape index (κ1) is 65.9. The van der Waals surface area contributed by atoms with Crippen molar-refractivity contribution in [2.24, 2.45) is 0 Å². The lowest BCUT2D eigenvalue weighted by atomic mass is 10.1. The van der Waals surface area contributed by atoms with E-state index in [0.717, 1.165) is 78.3 Å². The van der Waals surface area contributed by atoms with Crippen LogP contribution in [-0.4, -0.2) is 137 Å². The van der Waals surface area contributed by atoms with E-state index in [9.17, 15) is 0 Å². The Hall–Kier alpha value is -1.38. The maximum atomic E-state index is 7.80. The maximum absolute atomic E-state index is 7.80. The molecule has 0 N–H and O–H groups in total. The van der Waals surface area contributed by atoms with E-state index in [1.807, 2.05) is 6.92 Å². The first-order valence-electron chi connectivity index (χ1n) is 26.4. The summed E-state index contributed by atoms with van der Waals surface area (Å²) in [7, 11) is -4.67. The molecule has 0 atom stereocenters. The summed E-state index contributed by atoms with van der Waals surface area (Å²) in [6.45, 7) is 17.3. The quantitative estimate of drug-likeness (QED) is 0.0231. The van der Waals surface area contributed by atoms with Gasteiger partial charge < -0.3 is 52.2 Å². The molecule has 14 nitrogen and oxygen atoms in total. The van der Waals surface area contributed by atoms with Crippen LogP contribution in [0.25, 0.3) is 0 Å². The molecule has 0 amide bonds. The van der Waals surface area contributed by atoms with Crippen molar-refractivity contribution >= 4 is 75.7 Å². The Labute approximate surface area is 449 Å². The molecule has 0 heterocycles. The second kappa shape index (κ2) is 32.5. The topological polar surface area (TPSA) is 129 Å². The maximum Gasteiger partial charge on any atom is 0.536 e. The Morgan fingerprint density at radius 1 is 0.315 bits per heavy atom. The van der Waals surface area contributed by atoms with E-state index in [0.29, 0.717) is 13.2 Å². The van der Waals surface area contributed by atoms with Crippen LogP contribution < -0.4 is 15.6 Å². The normalized spacial score (nSPS) is 13.3. The zero-order chi connectivity index (χ0) is 54.1. The second-order valence-electron chi connectivity index (χ2n) is 20.5. The fraction of sp³-hybridized carbons (Fsp3) is 0.654. The van der Waals surface area contributed by atoms with Crippen molar-refractivity contribution in [3.8, 4) is 0 Å². The van der Waals surface area contributed by atoms with Crippen LogP contribution in [0.2, 0.25) is 63.5 Å². The number of rotatable bonds is 41. The van der Waals surface area contributed by atoms with Gasteiger partial charge in [-0.25, -0.2) is 9.78 Å². The van der Waals surface area contributed by atoms with E-state index in [2.05, 4.69) is 112 Å². The highest BCUT2D eigenvalue weighted by Gasteiger charge is 2.52. The fourth-order valence-corrected chi connectivity index (χ4v) is 32.2. The van der Waals surface area contributed by atoms with Crippen LogP contribution in [0.15, 0.2) is 72.8 Å². The van der Waals surface area contributed by atoms with Crippen LogP contribution in [0.5, 0.6) is 0 Å². The summed E-state index contributed by atoms with van der Waals surface area (Å²) in [6.07, 6.45) is 13.0. The SMILES string of the molecule is CCOOCCCCCCCCCCC[Si](O[Si](C)(C)CCc1ccc([Si](OC)(OC)OC)cc1)(O[Si](C)(C)CCc1ccc([Si](OC)(OC)OC)cc1)O[Si](C)(C)CCc1ccc([Si](OC)(OC)OC)cc1. The molecule has 0 saturated carbocycles. The van der Waals surface area contributed by atoms with Gasteiger partial charge >= 0.3 is 35.2 Å². The van der Waals surface area contributed by atoms with Gasteiger partial charge in [0.05, 0.1) is 13.2 Å². The molecule has 73 heavy (non-hydrogen) atoms. The predicted octanol–water partition coefficient (Wildman–Crippen LogP) is 10.1. The third kappa shape index (κ3) is 21.1. The molecule has 0 fully saturated rings. The number of unbranched alkanes of at least 4 members (excludes halogenated alkanes) is 8. The first-order chi connectivity index (χ1) is 34.8. The van der Waals surface area contributed by atoms with E-state index < -0.39 is 60.2 Å². The molecule has 0 saturated heterocycles. The van der Waals surface area contributed by atoms with Gasteiger partial charge in [0.15, 0.2) is 25.0 Å². The Balaban J connectivity index is 1.95. The van der Waals surface area contributed by atoms with Crippen molar-refractivity contribution in [2.75, 3.05) is 77.2 Å². The van der Waals surface area contributed by atoms with E-state index in [4.69, 9.17) is 62.0 Å². The molecule has 0 spiro atoms. The Morgan fingerprint density at radius 2 is 0.575 bits per heavy atom. The van der Waals surface area contributed by atoms with Crippen molar-refractivity contribution in [3.63, 3.8) is 0 Å². The van der Waals surface area contributed by atoms with Crippen LogP contribution >= 0.6 is 0 Å². The standard InChI is InChI=1S/C52H96O14Si7/c1-17-62-63-42-25-23-21-19-18-20-22-24-26-43-70(64-67(11,12)44-39-47-27-33-50(34-28-47)71(53-2,54-3)55-4,65-68(13,14)45-40-48-29-35-51(36-30-48)72(56-5,57-6)58-7)66-69(15,16)46-41-49-31-37-52(38-32-49)73(59-8,60-9)61-10/h27-38H,17-26,39-46H2,1-16H3. The molecule has 21 heteroatoms. The van der Waals surface area contributed by atoms with E-state index in [-0.39, 0.29) is 0 Å². The minimum absolute atomic E-state index is 0.586. The molecule has 0 aliphatic rings. The van der Waals surface area contributed by atoms with Gasteiger partial charge in [-0.3, -0.25) is 0 Å². The lowest BCUT2D eigenvalue weighted by Gasteiger charge is -2.45. The summed E-state index contributed by atoms with van der Waals surface area (Å²) in [5, 5.41) is 2.80. The van der Waals surface area contributed by atoms with Crippen LogP contribution in [0.1, 0.15) is 81.4 Å². The van der Waals surface area contributed by atoms with Crippen molar-refractivity contribution < 1.29 is 62.0 Å². The van der Waals surface area contributed by atoms with Crippen LogP contribution in [0.3, 0.4) is 0 Å². The number of benzene rings is 3. The number of aryl methyl sites for hydroxylation is 3. The van der Waals surface area contributed by atoms with Gasteiger partial charge in [-0.05, 0) is 113 Å². The van der Waals surface area contributed by atoms with Gasteiger partial charge in [0.25, 0.3) is 0 Å². The molecule has 0 radical (unpaired) electrons. The average molecular weight is 1140 g/mol. The molecular formula is C52H96O14Si7. The summed E-state index contributed by atoms with van der Waals surface area (Å²) in [4.78, 5) is 10.2. The molecule has 0 aliphatic carbocycles. The number of hydrogen-bond donors (Lipinski definition) is 0. The highest BCUT2D eigenvalue weighted by atomic mass is 28.5. The van der Waals surface area contributed by atoms with Gasteiger partial charge in [-0.2, -0.15) is 0 Å². The van der Waals surface area contributed by atoms with Gasteiger partial charge in [-0.1, -0.05) is 118 Å². The molecule has 3 aromatic rings. The molecule has 3 aromatic carbocycles. The zero-order valence-corrected chi connectivity index (χ0v) is 54.9. The fourth-order valence-electron chi connectivity index (χ4n) is 9.29. The Kier molecular flexibility index (Phi) is 29.3. The lowest BCUT2D eigenvalue weighted by Crippen LogP contribution is -2.62. The van der Waals surface area contributed by atoms with E-state index in [1.54, 1.807) is 64.0 Å². The monoisotopic (exact) mass is 1140 g/mol. The van der Waals surface area contributed by atoms with Gasteiger partial charge in [-0.15, -0.1) is 0 Å². The van der Waals surface area contributed by atoms with E-state index in [1.165, 1.54) is 55.2 Å². The molecule has 0 aromatic heterocycles. The molecule has 3 rings (SSSR count). The summed E-state index contributed by atoms with van der Waals surface area (Å²) < 4.78 is 75.4. The largest absolute Gasteiger partial charge is 0.536 e. The Morgan fingerprint density at radius 3 is 0.836 bits per heavy atom. The van der Waals surface area contributed by atoms with Crippen molar-refractivity contribution in [3.05, 3.63) is 89.5 Å². The predicted molar refractivity (Wildman–Crippen MR) is 309 cm³/mol. The van der Waals surface area contributed by atoms with Crippen LogP contribution in [0, 0.1) is 0 Å². The third-order valence-electron chi connectivity index (χ3n) is 13.6. The first-order valence-corrected chi connectivity index (χ1v) is 42.8. The van der Waals surface area contributed by atoms with Gasteiger partial charge in [0.1, 0.15) is 0 Å². The Bertz CT molecular complexity index is 1710. The molecule has 0 bridgehead atoms. The molecule has 416 valence electrons. The minimum atomic E-state index is -3.33. The summed E-state index contributed by atoms with van der Waals surface area (Å²) >= 11 is 0. The lowest BCUT2D eigenvalue weighted by molar-refractivity contribution is -0.291. The van der Waals surface area contributed by atoms with Crippen molar-refractivity contribution in [2.45, 2.75) is 147 Å². The van der Waals surface area contributed by atoms with Crippen molar-refractivity contribution in [1.29, 1.82) is 0 Å².